The molecule has 0 heterocycles. The van der Waals surface area contributed by atoms with Crippen molar-refractivity contribution in [3.8, 4) is 5.75 Å². The summed E-state index contributed by atoms with van der Waals surface area (Å²) >= 11 is 1.96. The zero-order valence-corrected chi connectivity index (χ0v) is 11.9. The number of hydrogen-bond donors (Lipinski definition) is 0. The molecule has 0 aliphatic rings. The monoisotopic (exact) mass is 373 g/mol. The first kappa shape index (κ1) is 15.1. The van der Waals surface area contributed by atoms with E-state index in [0.717, 1.165) is 3.57 Å². The summed E-state index contributed by atoms with van der Waals surface area (Å²) in [6, 6.07) is 3.94. The molecule has 1 rings (SSSR count). The maximum Gasteiger partial charge on any atom is 0.573 e. The minimum atomic E-state index is -4.73. The van der Waals surface area contributed by atoms with Crippen molar-refractivity contribution in [3.63, 3.8) is 0 Å². The van der Waals surface area contributed by atoms with E-state index in [1.54, 1.807) is 14.1 Å². The van der Waals surface area contributed by atoms with Gasteiger partial charge >= 0.3 is 6.36 Å². The highest BCUT2D eigenvalue weighted by Crippen LogP contribution is 2.26. The van der Waals surface area contributed by atoms with Gasteiger partial charge in [0.1, 0.15) is 5.75 Å². The van der Waals surface area contributed by atoms with Gasteiger partial charge in [0.05, 0.1) is 6.42 Å². The van der Waals surface area contributed by atoms with Crippen molar-refractivity contribution in [2.24, 2.45) is 0 Å². The van der Waals surface area contributed by atoms with Gasteiger partial charge in [-0.25, -0.2) is 0 Å². The topological polar surface area (TPSA) is 29.5 Å². The lowest BCUT2D eigenvalue weighted by Crippen LogP contribution is -2.24. The minimum absolute atomic E-state index is 0.0420. The smallest absolute Gasteiger partial charge is 0.406 e. The number of likely N-dealkylation sites (N-methyl/N-ethyl adjacent to an activating group) is 1. The zero-order chi connectivity index (χ0) is 13.9. The number of ether oxygens (including phenoxy) is 1. The normalized spacial score (nSPS) is 11.2. The standard InChI is InChI=1S/C11H11F3INO2/c1-16(2)10(17)6-7-5-8(3-4-9(7)15)18-11(12,13)14/h3-5H,6H2,1-2H3. The summed E-state index contributed by atoms with van der Waals surface area (Å²) in [7, 11) is 3.18. The molecule has 1 aromatic carbocycles. The number of halogens is 4. The Kier molecular flexibility index (Phi) is 4.83. The summed E-state index contributed by atoms with van der Waals surface area (Å²) in [5, 5.41) is 0. The molecule has 0 bridgehead atoms. The molecule has 0 spiro atoms. The second kappa shape index (κ2) is 5.77. The highest BCUT2D eigenvalue weighted by atomic mass is 127. The fourth-order valence-corrected chi connectivity index (χ4v) is 1.73. The average molecular weight is 373 g/mol. The third kappa shape index (κ3) is 4.71. The molecule has 0 radical (unpaired) electrons. The number of carbonyl (C=O) groups excluding carboxylic acids is 1. The van der Waals surface area contributed by atoms with Crippen LogP contribution in [-0.2, 0) is 11.2 Å². The Hall–Kier alpha value is -0.990. The van der Waals surface area contributed by atoms with Crippen LogP contribution in [0.4, 0.5) is 13.2 Å². The Bertz CT molecular complexity index is 446. The summed E-state index contributed by atoms with van der Waals surface area (Å²) in [6.07, 6.45) is -4.68. The number of alkyl halides is 3. The van der Waals surface area contributed by atoms with Crippen LogP contribution in [0.15, 0.2) is 18.2 Å². The van der Waals surface area contributed by atoms with Gasteiger partial charge in [0.25, 0.3) is 0 Å². The Morgan fingerprint density at radius 3 is 2.50 bits per heavy atom. The van der Waals surface area contributed by atoms with E-state index in [9.17, 15) is 18.0 Å². The third-order valence-corrected chi connectivity index (χ3v) is 3.14. The van der Waals surface area contributed by atoms with E-state index in [1.807, 2.05) is 22.6 Å². The molecule has 3 nitrogen and oxygen atoms in total. The van der Waals surface area contributed by atoms with Crippen LogP contribution in [0.5, 0.6) is 5.75 Å². The molecule has 7 heteroatoms. The van der Waals surface area contributed by atoms with Crippen LogP contribution in [-0.4, -0.2) is 31.3 Å². The van der Waals surface area contributed by atoms with Crippen LogP contribution in [0, 0.1) is 3.57 Å². The average Bonchev–Trinajstić information content (AvgIpc) is 2.20. The molecule has 0 atom stereocenters. The van der Waals surface area contributed by atoms with E-state index in [-0.39, 0.29) is 18.1 Å². The number of hydrogen-bond acceptors (Lipinski definition) is 2. The summed E-state index contributed by atoms with van der Waals surface area (Å²) in [4.78, 5) is 12.9. The molecule has 18 heavy (non-hydrogen) atoms. The first-order valence-corrected chi connectivity index (χ1v) is 6.01. The number of nitrogens with zero attached hydrogens (tertiary/aromatic N) is 1. The first-order chi connectivity index (χ1) is 8.19. The van der Waals surface area contributed by atoms with Crippen molar-refractivity contribution in [1.82, 2.24) is 4.90 Å². The number of amides is 1. The lowest BCUT2D eigenvalue weighted by Gasteiger charge is -2.13. The van der Waals surface area contributed by atoms with Crippen molar-refractivity contribution in [1.29, 1.82) is 0 Å². The molecule has 1 aromatic rings. The lowest BCUT2D eigenvalue weighted by molar-refractivity contribution is -0.274. The maximum atomic E-state index is 12.1. The van der Waals surface area contributed by atoms with Crippen molar-refractivity contribution in [2.75, 3.05) is 14.1 Å². The molecule has 0 aliphatic carbocycles. The molecule has 0 aliphatic heterocycles. The van der Waals surface area contributed by atoms with Gasteiger partial charge in [-0.05, 0) is 46.4 Å². The van der Waals surface area contributed by atoms with Gasteiger partial charge in [0.15, 0.2) is 0 Å². The van der Waals surface area contributed by atoms with E-state index >= 15 is 0 Å². The van der Waals surface area contributed by atoms with Gasteiger partial charge in [-0.15, -0.1) is 13.2 Å². The number of rotatable bonds is 3. The van der Waals surface area contributed by atoms with Gasteiger partial charge in [-0.1, -0.05) is 0 Å². The van der Waals surface area contributed by atoms with Crippen LogP contribution in [0.2, 0.25) is 0 Å². The quantitative estimate of drug-likeness (QED) is 0.763. The fourth-order valence-electron chi connectivity index (χ4n) is 1.20. The molecule has 1 amide bonds. The highest BCUT2D eigenvalue weighted by Gasteiger charge is 2.31. The van der Waals surface area contributed by atoms with Crippen molar-refractivity contribution < 1.29 is 22.7 Å². The summed E-state index contributed by atoms with van der Waals surface area (Å²) in [5.74, 6) is -0.499. The minimum Gasteiger partial charge on any atom is -0.406 e. The van der Waals surface area contributed by atoms with Gasteiger partial charge in [-0.2, -0.15) is 0 Å². The molecular weight excluding hydrogens is 362 g/mol. The zero-order valence-electron chi connectivity index (χ0n) is 9.71. The Balaban J connectivity index is 2.91. The maximum absolute atomic E-state index is 12.1. The molecule has 0 aromatic heterocycles. The number of carbonyl (C=O) groups is 1. The first-order valence-electron chi connectivity index (χ1n) is 4.93. The summed E-state index contributed by atoms with van der Waals surface area (Å²) in [6.45, 7) is 0. The molecular formula is C11H11F3INO2. The van der Waals surface area contributed by atoms with Crippen LogP contribution < -0.4 is 4.74 Å². The second-order valence-corrected chi connectivity index (χ2v) is 4.93. The van der Waals surface area contributed by atoms with Crippen molar-refractivity contribution in [2.45, 2.75) is 12.8 Å². The SMILES string of the molecule is CN(C)C(=O)Cc1cc(OC(F)(F)F)ccc1I. The summed E-state index contributed by atoms with van der Waals surface area (Å²) in [5.41, 5.74) is 0.510. The molecule has 0 N–H and O–H groups in total. The van der Waals surface area contributed by atoms with Crippen molar-refractivity contribution in [3.05, 3.63) is 27.3 Å². The van der Waals surface area contributed by atoms with Gasteiger partial charge in [0.2, 0.25) is 5.91 Å². The predicted octanol–water partition coefficient (Wildman–Crippen LogP) is 2.82. The van der Waals surface area contributed by atoms with E-state index in [2.05, 4.69) is 4.74 Å². The Morgan fingerprint density at radius 1 is 1.39 bits per heavy atom. The lowest BCUT2D eigenvalue weighted by atomic mass is 10.1. The summed E-state index contributed by atoms with van der Waals surface area (Å²) < 4.78 is 40.7. The predicted molar refractivity (Wildman–Crippen MR) is 68.2 cm³/mol. The molecule has 0 fully saturated rings. The van der Waals surface area contributed by atoms with Gasteiger partial charge in [-0.3, -0.25) is 4.79 Å². The van der Waals surface area contributed by atoms with E-state index in [0.29, 0.717) is 5.56 Å². The number of benzene rings is 1. The molecule has 0 unspecified atom stereocenters. The van der Waals surface area contributed by atoms with E-state index in [4.69, 9.17) is 0 Å². The largest absolute Gasteiger partial charge is 0.573 e. The second-order valence-electron chi connectivity index (χ2n) is 3.77. The van der Waals surface area contributed by atoms with Crippen molar-refractivity contribution >= 4 is 28.5 Å². The fraction of sp³-hybridized carbons (Fsp3) is 0.364. The molecule has 0 saturated heterocycles. The van der Waals surface area contributed by atoms with E-state index in [1.165, 1.54) is 23.1 Å². The van der Waals surface area contributed by atoms with E-state index < -0.39 is 6.36 Å². The molecule has 0 saturated carbocycles. The Labute approximate surface area is 116 Å². The van der Waals surface area contributed by atoms with Crippen LogP contribution in [0.1, 0.15) is 5.56 Å². The van der Waals surface area contributed by atoms with Crippen LogP contribution in [0.3, 0.4) is 0 Å². The third-order valence-electron chi connectivity index (χ3n) is 2.09. The van der Waals surface area contributed by atoms with Gasteiger partial charge < -0.3 is 9.64 Å². The van der Waals surface area contributed by atoms with Crippen LogP contribution in [0.25, 0.3) is 0 Å². The molecule has 100 valence electrons. The Morgan fingerprint density at radius 2 is 2.00 bits per heavy atom. The van der Waals surface area contributed by atoms with Crippen LogP contribution >= 0.6 is 22.6 Å². The highest BCUT2D eigenvalue weighted by molar-refractivity contribution is 14.1. The van der Waals surface area contributed by atoms with Gasteiger partial charge in [0, 0.05) is 17.7 Å².